The number of ketones is 1. The minimum atomic E-state index is 0.469. The van der Waals surface area contributed by atoms with Crippen molar-refractivity contribution in [2.75, 3.05) is 13.7 Å². The van der Waals surface area contributed by atoms with Gasteiger partial charge in [0, 0.05) is 26.6 Å². The fraction of sp³-hybridized carbons (Fsp3) is 0.917. The van der Waals surface area contributed by atoms with Crippen molar-refractivity contribution in [2.45, 2.75) is 45.4 Å². The summed E-state index contributed by atoms with van der Waals surface area (Å²) >= 11 is 0. The molecule has 1 saturated carbocycles. The third kappa shape index (κ3) is 3.79. The predicted octanol–water partition coefficient (Wildman–Crippen LogP) is 2.81. The van der Waals surface area contributed by atoms with E-state index in [1.165, 1.54) is 12.8 Å². The molecule has 2 unspecified atom stereocenters. The summed E-state index contributed by atoms with van der Waals surface area (Å²) in [5.74, 6) is 1.72. The first kappa shape index (κ1) is 11.7. The van der Waals surface area contributed by atoms with Gasteiger partial charge in [0.25, 0.3) is 0 Å². The van der Waals surface area contributed by atoms with Crippen LogP contribution in [-0.4, -0.2) is 19.5 Å². The highest BCUT2D eigenvalue weighted by molar-refractivity contribution is 5.78. The molecule has 0 aromatic heterocycles. The molecule has 1 aliphatic rings. The van der Waals surface area contributed by atoms with Crippen molar-refractivity contribution >= 4 is 5.78 Å². The second kappa shape index (κ2) is 6.18. The molecule has 2 atom stereocenters. The molecule has 2 heteroatoms. The SMILES string of the molecule is COCCC(C)C1CCCCC(=O)C1. The van der Waals surface area contributed by atoms with Gasteiger partial charge in [-0.05, 0) is 31.1 Å². The van der Waals surface area contributed by atoms with Crippen LogP contribution in [0.4, 0.5) is 0 Å². The first-order valence-electron chi connectivity index (χ1n) is 5.74. The zero-order chi connectivity index (χ0) is 10.4. The summed E-state index contributed by atoms with van der Waals surface area (Å²) in [6.07, 6.45) is 6.28. The number of ether oxygens (including phenoxy) is 1. The molecule has 1 rings (SSSR count). The van der Waals surface area contributed by atoms with Gasteiger partial charge in [-0.25, -0.2) is 0 Å². The van der Waals surface area contributed by atoms with Crippen LogP contribution in [0.15, 0.2) is 0 Å². The van der Waals surface area contributed by atoms with Gasteiger partial charge in [-0.15, -0.1) is 0 Å². The Bertz CT molecular complexity index is 177. The smallest absolute Gasteiger partial charge is 0.133 e. The van der Waals surface area contributed by atoms with E-state index in [0.29, 0.717) is 17.6 Å². The van der Waals surface area contributed by atoms with E-state index in [1.54, 1.807) is 7.11 Å². The number of carbonyl (C=O) groups excluding carboxylic acids is 1. The van der Waals surface area contributed by atoms with Crippen LogP contribution >= 0.6 is 0 Å². The van der Waals surface area contributed by atoms with E-state index in [1.807, 2.05) is 0 Å². The summed E-state index contributed by atoms with van der Waals surface area (Å²) in [6, 6.07) is 0. The predicted molar refractivity (Wildman–Crippen MR) is 57.2 cm³/mol. The maximum atomic E-state index is 11.4. The Morgan fingerprint density at radius 1 is 1.50 bits per heavy atom. The van der Waals surface area contributed by atoms with Crippen molar-refractivity contribution in [1.82, 2.24) is 0 Å². The molecule has 1 aliphatic carbocycles. The summed E-state index contributed by atoms with van der Waals surface area (Å²) in [4.78, 5) is 11.4. The fourth-order valence-electron chi connectivity index (χ4n) is 2.25. The van der Waals surface area contributed by atoms with Crippen LogP contribution < -0.4 is 0 Å². The van der Waals surface area contributed by atoms with Gasteiger partial charge < -0.3 is 4.74 Å². The van der Waals surface area contributed by atoms with Crippen molar-refractivity contribution in [3.8, 4) is 0 Å². The summed E-state index contributed by atoms with van der Waals surface area (Å²) in [6.45, 7) is 3.08. The lowest BCUT2D eigenvalue weighted by Gasteiger charge is -2.21. The average molecular weight is 198 g/mol. The average Bonchev–Trinajstić information content (AvgIpc) is 2.39. The standard InChI is InChI=1S/C12H22O2/c1-10(7-8-14-2)11-5-3-4-6-12(13)9-11/h10-11H,3-9H2,1-2H3. The third-order valence-electron chi connectivity index (χ3n) is 3.35. The van der Waals surface area contributed by atoms with Gasteiger partial charge in [-0.2, -0.15) is 0 Å². The van der Waals surface area contributed by atoms with Gasteiger partial charge in [0.2, 0.25) is 0 Å². The summed E-state index contributed by atoms with van der Waals surface area (Å²) in [7, 11) is 1.74. The second-order valence-corrected chi connectivity index (χ2v) is 4.51. The Morgan fingerprint density at radius 3 is 3.00 bits per heavy atom. The highest BCUT2D eigenvalue weighted by Crippen LogP contribution is 2.28. The second-order valence-electron chi connectivity index (χ2n) is 4.51. The lowest BCUT2D eigenvalue weighted by Crippen LogP contribution is -2.15. The van der Waals surface area contributed by atoms with Crippen LogP contribution in [0.1, 0.15) is 45.4 Å². The molecule has 14 heavy (non-hydrogen) atoms. The molecule has 0 aromatic carbocycles. The maximum Gasteiger partial charge on any atom is 0.133 e. The third-order valence-corrected chi connectivity index (χ3v) is 3.35. The minimum Gasteiger partial charge on any atom is -0.385 e. The molecule has 82 valence electrons. The molecular formula is C12H22O2. The molecule has 0 saturated heterocycles. The van der Waals surface area contributed by atoms with Gasteiger partial charge in [0.05, 0.1) is 0 Å². The molecule has 0 bridgehead atoms. The van der Waals surface area contributed by atoms with Crippen molar-refractivity contribution in [2.24, 2.45) is 11.8 Å². The quantitative estimate of drug-likeness (QED) is 0.649. The van der Waals surface area contributed by atoms with Crippen LogP contribution in [0.25, 0.3) is 0 Å². The van der Waals surface area contributed by atoms with E-state index in [2.05, 4.69) is 6.92 Å². The first-order chi connectivity index (χ1) is 6.74. The van der Waals surface area contributed by atoms with Crippen molar-refractivity contribution < 1.29 is 9.53 Å². The highest BCUT2D eigenvalue weighted by atomic mass is 16.5. The largest absolute Gasteiger partial charge is 0.385 e. The summed E-state index contributed by atoms with van der Waals surface area (Å²) < 4.78 is 5.08. The van der Waals surface area contributed by atoms with Crippen LogP contribution in [0.5, 0.6) is 0 Å². The van der Waals surface area contributed by atoms with Crippen LogP contribution in [0, 0.1) is 11.8 Å². The maximum absolute atomic E-state index is 11.4. The number of Topliss-reactive ketones (excluding diaryl/α,β-unsaturated/α-hetero) is 1. The van der Waals surface area contributed by atoms with Crippen LogP contribution in [-0.2, 0) is 9.53 Å². The molecule has 2 nitrogen and oxygen atoms in total. The molecule has 0 radical (unpaired) electrons. The molecule has 0 amide bonds. The monoisotopic (exact) mass is 198 g/mol. The molecule has 0 aliphatic heterocycles. The Kier molecular flexibility index (Phi) is 5.16. The first-order valence-corrected chi connectivity index (χ1v) is 5.74. The number of hydrogen-bond donors (Lipinski definition) is 0. The number of rotatable bonds is 4. The molecule has 0 N–H and O–H groups in total. The molecule has 0 spiro atoms. The number of methoxy groups -OCH3 is 1. The van der Waals surface area contributed by atoms with Gasteiger partial charge in [0.1, 0.15) is 5.78 Å². The lowest BCUT2D eigenvalue weighted by atomic mass is 9.85. The zero-order valence-corrected chi connectivity index (χ0v) is 9.42. The van der Waals surface area contributed by atoms with Crippen molar-refractivity contribution in [1.29, 1.82) is 0 Å². The van der Waals surface area contributed by atoms with E-state index >= 15 is 0 Å². The van der Waals surface area contributed by atoms with E-state index in [9.17, 15) is 4.79 Å². The zero-order valence-electron chi connectivity index (χ0n) is 9.42. The normalized spacial score (nSPS) is 25.9. The Hall–Kier alpha value is -0.370. The Labute approximate surface area is 87.0 Å². The van der Waals surface area contributed by atoms with Gasteiger partial charge in [-0.3, -0.25) is 4.79 Å². The Morgan fingerprint density at radius 2 is 2.29 bits per heavy atom. The molecule has 0 heterocycles. The molecule has 1 fully saturated rings. The summed E-state index contributed by atoms with van der Waals surface area (Å²) in [5, 5.41) is 0. The Balaban J connectivity index is 2.36. The number of carbonyl (C=O) groups is 1. The number of hydrogen-bond acceptors (Lipinski definition) is 2. The molecule has 0 aromatic rings. The van der Waals surface area contributed by atoms with Crippen LogP contribution in [0.3, 0.4) is 0 Å². The van der Waals surface area contributed by atoms with Crippen molar-refractivity contribution in [3.63, 3.8) is 0 Å². The minimum absolute atomic E-state index is 0.469. The van der Waals surface area contributed by atoms with Crippen LogP contribution in [0.2, 0.25) is 0 Å². The van der Waals surface area contributed by atoms with Gasteiger partial charge in [0.15, 0.2) is 0 Å². The van der Waals surface area contributed by atoms with E-state index < -0.39 is 0 Å². The van der Waals surface area contributed by atoms with Crippen molar-refractivity contribution in [3.05, 3.63) is 0 Å². The lowest BCUT2D eigenvalue weighted by molar-refractivity contribution is -0.119. The summed E-state index contributed by atoms with van der Waals surface area (Å²) in [5.41, 5.74) is 0. The molecular weight excluding hydrogens is 176 g/mol. The van der Waals surface area contributed by atoms with E-state index in [4.69, 9.17) is 4.74 Å². The van der Waals surface area contributed by atoms with E-state index in [-0.39, 0.29) is 0 Å². The van der Waals surface area contributed by atoms with E-state index in [0.717, 1.165) is 32.3 Å². The highest BCUT2D eigenvalue weighted by Gasteiger charge is 2.22. The topological polar surface area (TPSA) is 26.3 Å². The van der Waals surface area contributed by atoms with Gasteiger partial charge in [-0.1, -0.05) is 13.3 Å². The van der Waals surface area contributed by atoms with Gasteiger partial charge >= 0.3 is 0 Å². The fourth-order valence-corrected chi connectivity index (χ4v) is 2.25.